The van der Waals surface area contributed by atoms with Crippen molar-refractivity contribution >= 4 is 17.5 Å². The van der Waals surface area contributed by atoms with Crippen LogP contribution in [0.4, 0.5) is 26.3 Å². The molecule has 1 atom stereocenters. The van der Waals surface area contributed by atoms with E-state index in [2.05, 4.69) is 10.3 Å². The van der Waals surface area contributed by atoms with Crippen LogP contribution >= 0.6 is 11.6 Å². The molecule has 3 aromatic carbocycles. The van der Waals surface area contributed by atoms with E-state index in [0.29, 0.717) is 11.6 Å². The largest absolute Gasteiger partial charge is 0.417 e. The smallest absolute Gasteiger partial charge is 0.337 e. The Labute approximate surface area is 219 Å². The number of nitrogens with one attached hydrogen (secondary N) is 1. The van der Waals surface area contributed by atoms with E-state index in [-0.39, 0.29) is 22.7 Å². The third-order valence-corrected chi connectivity index (χ3v) is 6.19. The summed E-state index contributed by atoms with van der Waals surface area (Å²) < 4.78 is 82.5. The predicted molar refractivity (Wildman–Crippen MR) is 131 cm³/mol. The summed E-state index contributed by atoms with van der Waals surface area (Å²) in [5.74, 6) is -1.18. The topological polar surface area (TPSA) is 42.0 Å². The molecule has 0 saturated heterocycles. The second-order valence-corrected chi connectivity index (χ2v) is 8.94. The molecule has 0 aliphatic heterocycles. The van der Waals surface area contributed by atoms with Gasteiger partial charge < -0.3 is 5.32 Å². The highest BCUT2D eigenvalue weighted by Crippen LogP contribution is 2.38. The summed E-state index contributed by atoms with van der Waals surface area (Å²) >= 11 is 5.93. The Bertz CT molecular complexity index is 1420. The van der Waals surface area contributed by atoms with Crippen LogP contribution in [0.1, 0.15) is 38.3 Å². The van der Waals surface area contributed by atoms with Crippen LogP contribution in [0.3, 0.4) is 0 Å². The highest BCUT2D eigenvalue weighted by atomic mass is 35.5. The Morgan fingerprint density at radius 1 is 0.763 bits per heavy atom. The van der Waals surface area contributed by atoms with E-state index < -0.39 is 40.5 Å². The molecule has 4 rings (SSSR count). The number of benzene rings is 3. The molecule has 0 spiro atoms. The number of pyridine rings is 1. The normalized spacial score (nSPS) is 13.6. The van der Waals surface area contributed by atoms with Gasteiger partial charge >= 0.3 is 12.4 Å². The number of aromatic nitrogens is 1. The van der Waals surface area contributed by atoms with E-state index in [0.717, 1.165) is 24.3 Å². The molecular formula is C28H19ClF6N2O. The molecule has 38 heavy (non-hydrogen) atoms. The number of alkyl halides is 6. The van der Waals surface area contributed by atoms with Crippen LogP contribution < -0.4 is 5.32 Å². The highest BCUT2D eigenvalue weighted by molar-refractivity contribution is 6.31. The highest BCUT2D eigenvalue weighted by Gasteiger charge is 2.42. The molecule has 0 fully saturated rings. The van der Waals surface area contributed by atoms with Crippen molar-refractivity contribution in [3.8, 4) is 0 Å². The van der Waals surface area contributed by atoms with Crippen molar-refractivity contribution in [2.45, 2.75) is 24.3 Å². The summed E-state index contributed by atoms with van der Waals surface area (Å²) in [5.41, 5.74) is -4.07. The fourth-order valence-electron chi connectivity index (χ4n) is 4.21. The molecule has 0 radical (unpaired) electrons. The zero-order valence-corrected chi connectivity index (χ0v) is 20.2. The van der Waals surface area contributed by atoms with Gasteiger partial charge in [0.2, 0.25) is 0 Å². The predicted octanol–water partition coefficient (Wildman–Crippen LogP) is 7.69. The molecule has 196 valence electrons. The van der Waals surface area contributed by atoms with Gasteiger partial charge in [0.15, 0.2) is 0 Å². The van der Waals surface area contributed by atoms with Crippen molar-refractivity contribution in [1.29, 1.82) is 0 Å². The van der Waals surface area contributed by atoms with Crippen LogP contribution in [-0.2, 0) is 24.3 Å². The van der Waals surface area contributed by atoms with E-state index >= 15 is 0 Å². The number of carbonyl (C=O) groups is 1. The maximum Gasteiger partial charge on any atom is 0.417 e. The van der Waals surface area contributed by atoms with Gasteiger partial charge in [0.1, 0.15) is 5.54 Å². The standard InChI is InChI=1S/C28H19ClF6N2O/c29-21-12-13-23(28(33,34)35)22(16-21)25(38)37-26(24-11-4-5-14-36-24,17-18-7-2-1-3-8-18)19-9-6-10-20(15-19)27(30,31)32/h1-16H,17H2,(H,37,38). The molecule has 3 nitrogen and oxygen atoms in total. The van der Waals surface area contributed by atoms with Gasteiger partial charge in [-0.15, -0.1) is 0 Å². The quantitative estimate of drug-likeness (QED) is 0.251. The van der Waals surface area contributed by atoms with E-state index in [9.17, 15) is 31.1 Å². The maximum atomic E-state index is 13.8. The van der Waals surface area contributed by atoms with Crippen LogP contribution in [0.25, 0.3) is 0 Å². The van der Waals surface area contributed by atoms with Crippen LogP contribution in [0.15, 0.2) is 97.2 Å². The molecular weight excluding hydrogens is 530 g/mol. The summed E-state index contributed by atoms with van der Waals surface area (Å²) in [6.45, 7) is 0. The molecule has 1 N–H and O–H groups in total. The van der Waals surface area contributed by atoms with Crippen molar-refractivity contribution in [2.24, 2.45) is 0 Å². The van der Waals surface area contributed by atoms with E-state index in [4.69, 9.17) is 11.6 Å². The fourth-order valence-corrected chi connectivity index (χ4v) is 4.38. The first-order chi connectivity index (χ1) is 17.9. The summed E-state index contributed by atoms with van der Waals surface area (Å²) in [7, 11) is 0. The minimum absolute atomic E-state index is 0.0150. The van der Waals surface area contributed by atoms with Gasteiger partial charge in [0.25, 0.3) is 5.91 Å². The lowest BCUT2D eigenvalue weighted by Crippen LogP contribution is -2.49. The van der Waals surface area contributed by atoms with Gasteiger partial charge in [0, 0.05) is 17.6 Å². The lowest BCUT2D eigenvalue weighted by atomic mass is 9.79. The molecule has 1 heterocycles. The maximum absolute atomic E-state index is 13.8. The third kappa shape index (κ3) is 5.83. The zero-order chi connectivity index (χ0) is 27.6. The number of hydrogen-bond acceptors (Lipinski definition) is 2. The first kappa shape index (κ1) is 27.2. The van der Waals surface area contributed by atoms with Crippen LogP contribution in [0.5, 0.6) is 0 Å². The Kier molecular flexibility index (Phi) is 7.51. The molecule has 0 saturated carbocycles. The van der Waals surface area contributed by atoms with Gasteiger partial charge in [-0.1, -0.05) is 60.1 Å². The Morgan fingerprint density at radius 2 is 1.45 bits per heavy atom. The van der Waals surface area contributed by atoms with Crippen LogP contribution in [0, 0.1) is 0 Å². The molecule has 4 aromatic rings. The SMILES string of the molecule is O=C(NC(Cc1ccccc1)(c1cccc(C(F)(F)F)c1)c1ccccn1)c1cc(Cl)ccc1C(F)(F)F. The average Bonchev–Trinajstić information content (AvgIpc) is 2.88. The average molecular weight is 549 g/mol. The Morgan fingerprint density at radius 3 is 2.08 bits per heavy atom. The third-order valence-electron chi connectivity index (χ3n) is 5.96. The molecule has 0 bridgehead atoms. The van der Waals surface area contributed by atoms with Gasteiger partial charge in [0.05, 0.1) is 22.4 Å². The van der Waals surface area contributed by atoms with Gasteiger partial charge in [-0.3, -0.25) is 9.78 Å². The summed E-state index contributed by atoms with van der Waals surface area (Å²) in [6.07, 6.45) is -8.32. The minimum Gasteiger partial charge on any atom is -0.337 e. The summed E-state index contributed by atoms with van der Waals surface area (Å²) in [6, 6.07) is 20.0. The van der Waals surface area contributed by atoms with E-state index in [1.54, 1.807) is 42.5 Å². The number of rotatable bonds is 6. The van der Waals surface area contributed by atoms with Gasteiger partial charge in [-0.05, 0) is 53.6 Å². The van der Waals surface area contributed by atoms with Gasteiger partial charge in [-0.25, -0.2) is 0 Å². The number of nitrogens with zero attached hydrogens (tertiary/aromatic N) is 1. The van der Waals surface area contributed by atoms with E-state index in [1.165, 1.54) is 24.4 Å². The second-order valence-electron chi connectivity index (χ2n) is 8.50. The van der Waals surface area contributed by atoms with Crippen LogP contribution in [0.2, 0.25) is 5.02 Å². The van der Waals surface area contributed by atoms with Crippen molar-refractivity contribution in [3.63, 3.8) is 0 Å². The lowest BCUT2D eigenvalue weighted by molar-refractivity contribution is -0.138. The number of carbonyl (C=O) groups excluding carboxylic acids is 1. The molecule has 10 heteroatoms. The van der Waals surface area contributed by atoms with Crippen molar-refractivity contribution in [1.82, 2.24) is 10.3 Å². The second kappa shape index (κ2) is 10.5. The Hall–Kier alpha value is -3.85. The van der Waals surface area contributed by atoms with Gasteiger partial charge in [-0.2, -0.15) is 26.3 Å². The first-order valence-corrected chi connectivity index (χ1v) is 11.6. The zero-order valence-electron chi connectivity index (χ0n) is 19.4. The molecule has 0 aliphatic carbocycles. The summed E-state index contributed by atoms with van der Waals surface area (Å²) in [5, 5.41) is 2.50. The van der Waals surface area contributed by atoms with Crippen molar-refractivity contribution in [2.75, 3.05) is 0 Å². The minimum atomic E-state index is -4.89. The molecule has 1 unspecified atom stereocenters. The molecule has 1 amide bonds. The fraction of sp³-hybridized carbons (Fsp3) is 0.143. The van der Waals surface area contributed by atoms with Crippen molar-refractivity contribution in [3.05, 3.63) is 136 Å². The number of amides is 1. The Balaban J connectivity index is 1.97. The first-order valence-electron chi connectivity index (χ1n) is 11.2. The van der Waals surface area contributed by atoms with Crippen LogP contribution in [-0.4, -0.2) is 10.9 Å². The molecule has 1 aromatic heterocycles. The van der Waals surface area contributed by atoms with Crippen molar-refractivity contribution < 1.29 is 31.1 Å². The number of halogens is 7. The monoisotopic (exact) mass is 548 g/mol. The summed E-state index contributed by atoms with van der Waals surface area (Å²) in [4.78, 5) is 17.9. The van der Waals surface area contributed by atoms with E-state index in [1.807, 2.05) is 0 Å². The lowest BCUT2D eigenvalue weighted by Gasteiger charge is -2.36. The number of hydrogen-bond donors (Lipinski definition) is 1. The molecule has 0 aliphatic rings.